The second-order valence-corrected chi connectivity index (χ2v) is 5.86. The Morgan fingerprint density at radius 1 is 1.42 bits per heavy atom. The van der Waals surface area contributed by atoms with Gasteiger partial charge in [-0.25, -0.2) is 18.4 Å². The standard InChI is InChI=1S/C13H10BrFN8O3/c1-6-4-8(15)7(14)5-9(6)23-12(21-25-13(23)24)10-11(20-26-19-10)17-2-3-18-22-16/h4-5H,2-3H2,1H3,(H,17,20). The number of hydrogen-bond acceptors (Lipinski definition) is 8. The Balaban J connectivity index is 2.05. The lowest BCUT2D eigenvalue weighted by atomic mass is 10.2. The van der Waals surface area contributed by atoms with Crippen LogP contribution in [0.5, 0.6) is 0 Å². The van der Waals surface area contributed by atoms with Gasteiger partial charge in [-0.2, -0.15) is 0 Å². The molecule has 2 heterocycles. The highest BCUT2D eigenvalue weighted by molar-refractivity contribution is 9.10. The summed E-state index contributed by atoms with van der Waals surface area (Å²) in [4.78, 5) is 14.8. The lowest BCUT2D eigenvalue weighted by Gasteiger charge is -2.08. The Morgan fingerprint density at radius 3 is 3.00 bits per heavy atom. The van der Waals surface area contributed by atoms with Crippen molar-refractivity contribution in [1.82, 2.24) is 20.0 Å². The average Bonchev–Trinajstić information content (AvgIpc) is 3.21. The lowest BCUT2D eigenvalue weighted by molar-refractivity contribution is 0.309. The van der Waals surface area contributed by atoms with Gasteiger partial charge in [0.05, 0.1) is 10.2 Å². The molecule has 0 radical (unpaired) electrons. The summed E-state index contributed by atoms with van der Waals surface area (Å²) in [6.07, 6.45) is 0. The van der Waals surface area contributed by atoms with Crippen LogP contribution in [-0.2, 0) is 0 Å². The third kappa shape index (κ3) is 3.30. The van der Waals surface area contributed by atoms with Crippen molar-refractivity contribution >= 4 is 21.7 Å². The highest BCUT2D eigenvalue weighted by Crippen LogP contribution is 2.28. The number of benzene rings is 1. The van der Waals surface area contributed by atoms with Gasteiger partial charge in [-0.15, -0.1) is 0 Å². The zero-order chi connectivity index (χ0) is 18.7. The van der Waals surface area contributed by atoms with Gasteiger partial charge in [0, 0.05) is 18.0 Å². The fourth-order valence-corrected chi connectivity index (χ4v) is 2.54. The molecular weight excluding hydrogens is 415 g/mol. The van der Waals surface area contributed by atoms with Crippen LogP contribution in [0.25, 0.3) is 27.6 Å². The molecule has 134 valence electrons. The van der Waals surface area contributed by atoms with Gasteiger partial charge in [-0.3, -0.25) is 4.52 Å². The normalized spacial score (nSPS) is 10.6. The highest BCUT2D eigenvalue weighted by atomic mass is 79.9. The van der Waals surface area contributed by atoms with Gasteiger partial charge in [0.15, 0.2) is 5.69 Å². The third-order valence-corrected chi connectivity index (χ3v) is 3.96. The largest absolute Gasteiger partial charge is 0.446 e. The Bertz CT molecular complexity index is 1050. The number of anilines is 1. The van der Waals surface area contributed by atoms with Gasteiger partial charge >= 0.3 is 5.76 Å². The molecule has 11 nitrogen and oxygen atoms in total. The van der Waals surface area contributed by atoms with Gasteiger partial charge in [0.1, 0.15) is 5.82 Å². The van der Waals surface area contributed by atoms with Crippen LogP contribution in [0, 0.1) is 12.7 Å². The summed E-state index contributed by atoms with van der Waals surface area (Å²) in [5.41, 5.74) is 9.22. The van der Waals surface area contributed by atoms with Gasteiger partial charge in [-0.05, 0) is 56.4 Å². The molecule has 13 heteroatoms. The lowest BCUT2D eigenvalue weighted by Crippen LogP contribution is -2.15. The Hall–Kier alpha value is -3.18. The van der Waals surface area contributed by atoms with Crippen molar-refractivity contribution in [3.05, 3.63) is 49.0 Å². The first-order valence-electron chi connectivity index (χ1n) is 7.15. The number of rotatable bonds is 6. The molecule has 1 N–H and O–H groups in total. The minimum atomic E-state index is -0.787. The van der Waals surface area contributed by atoms with E-state index in [0.717, 1.165) is 4.57 Å². The van der Waals surface area contributed by atoms with Crippen molar-refractivity contribution < 1.29 is 13.5 Å². The molecule has 3 rings (SSSR count). The van der Waals surface area contributed by atoms with Gasteiger partial charge < -0.3 is 5.32 Å². The molecule has 0 saturated heterocycles. The number of nitrogens with one attached hydrogen (secondary N) is 1. The van der Waals surface area contributed by atoms with E-state index in [0.29, 0.717) is 11.3 Å². The monoisotopic (exact) mass is 424 g/mol. The molecule has 3 aromatic rings. The fraction of sp³-hybridized carbons (Fsp3) is 0.231. The maximum atomic E-state index is 13.7. The van der Waals surface area contributed by atoms with Crippen molar-refractivity contribution in [2.75, 3.05) is 18.4 Å². The van der Waals surface area contributed by atoms with Crippen LogP contribution >= 0.6 is 15.9 Å². The molecule has 0 aliphatic heterocycles. The van der Waals surface area contributed by atoms with Crippen LogP contribution in [-0.4, -0.2) is 33.1 Å². The van der Waals surface area contributed by atoms with Crippen LogP contribution in [0.2, 0.25) is 0 Å². The first kappa shape index (κ1) is 17.6. The maximum absolute atomic E-state index is 13.7. The molecule has 26 heavy (non-hydrogen) atoms. The number of hydrogen-bond donors (Lipinski definition) is 1. The van der Waals surface area contributed by atoms with Gasteiger partial charge in [0.2, 0.25) is 11.6 Å². The van der Waals surface area contributed by atoms with E-state index in [4.69, 9.17) is 14.7 Å². The van der Waals surface area contributed by atoms with E-state index >= 15 is 0 Å². The van der Waals surface area contributed by atoms with Crippen LogP contribution in [0.3, 0.4) is 0 Å². The summed E-state index contributed by atoms with van der Waals surface area (Å²) in [6, 6.07) is 2.69. The Labute approximate surface area is 152 Å². The Kier molecular flexibility index (Phi) is 5.00. The van der Waals surface area contributed by atoms with Crippen molar-refractivity contribution in [1.29, 1.82) is 0 Å². The van der Waals surface area contributed by atoms with Crippen LogP contribution in [0.15, 0.2) is 35.7 Å². The van der Waals surface area contributed by atoms with E-state index in [2.05, 4.69) is 46.7 Å². The first-order chi connectivity index (χ1) is 12.5. The topological polar surface area (TPSA) is 148 Å². The number of aromatic nitrogens is 4. The first-order valence-corrected chi connectivity index (χ1v) is 7.94. The van der Waals surface area contributed by atoms with Gasteiger partial charge in [-0.1, -0.05) is 10.3 Å². The molecule has 0 fully saturated rings. The van der Waals surface area contributed by atoms with Crippen molar-refractivity contribution in [3.8, 4) is 17.2 Å². The third-order valence-electron chi connectivity index (χ3n) is 3.35. The average molecular weight is 425 g/mol. The van der Waals surface area contributed by atoms with Crippen LogP contribution in [0.4, 0.5) is 10.2 Å². The summed E-state index contributed by atoms with van der Waals surface area (Å²) in [5.74, 6) is -1.06. The molecule has 0 aliphatic carbocycles. The summed E-state index contributed by atoms with van der Waals surface area (Å²) in [6.45, 7) is 2.06. The quantitative estimate of drug-likeness (QED) is 0.276. The molecule has 2 aromatic heterocycles. The zero-order valence-electron chi connectivity index (χ0n) is 13.2. The van der Waals surface area contributed by atoms with E-state index in [-0.39, 0.29) is 34.9 Å². The fourth-order valence-electron chi connectivity index (χ4n) is 2.21. The molecule has 0 atom stereocenters. The number of nitrogens with zero attached hydrogens (tertiary/aromatic N) is 7. The predicted molar refractivity (Wildman–Crippen MR) is 90.3 cm³/mol. The van der Waals surface area contributed by atoms with Crippen molar-refractivity contribution in [3.63, 3.8) is 0 Å². The van der Waals surface area contributed by atoms with Gasteiger partial charge in [0.25, 0.3) is 0 Å². The second-order valence-electron chi connectivity index (χ2n) is 5.00. The molecule has 0 aliphatic rings. The maximum Gasteiger partial charge on any atom is 0.446 e. The molecule has 0 saturated carbocycles. The highest BCUT2D eigenvalue weighted by Gasteiger charge is 2.24. The summed E-state index contributed by atoms with van der Waals surface area (Å²) in [5, 5.41) is 17.4. The van der Waals surface area contributed by atoms with Crippen molar-refractivity contribution in [2.45, 2.75) is 6.92 Å². The van der Waals surface area contributed by atoms with E-state index in [9.17, 15) is 9.18 Å². The summed E-state index contributed by atoms with van der Waals surface area (Å²) >= 11 is 3.09. The molecule has 0 bridgehead atoms. The Morgan fingerprint density at radius 2 is 2.23 bits per heavy atom. The molecular formula is C13H10BrFN8O3. The van der Waals surface area contributed by atoms with Crippen molar-refractivity contribution in [2.24, 2.45) is 5.11 Å². The van der Waals surface area contributed by atoms with Crippen LogP contribution in [0.1, 0.15) is 5.56 Å². The van der Waals surface area contributed by atoms with Crippen LogP contribution < -0.4 is 11.1 Å². The van der Waals surface area contributed by atoms with E-state index in [1.54, 1.807) is 6.92 Å². The molecule has 0 amide bonds. The smallest absolute Gasteiger partial charge is 0.365 e. The van der Waals surface area contributed by atoms with E-state index < -0.39 is 11.6 Å². The van der Waals surface area contributed by atoms with E-state index in [1.807, 2.05) is 0 Å². The van der Waals surface area contributed by atoms with E-state index in [1.165, 1.54) is 12.1 Å². The SMILES string of the molecule is Cc1cc(F)c(Br)cc1-n1c(-c2nonc2NCCN=[N+]=[N-])noc1=O. The second kappa shape index (κ2) is 7.37. The molecule has 1 aromatic carbocycles. The number of halogens is 2. The summed E-state index contributed by atoms with van der Waals surface area (Å²) < 4.78 is 24.4. The molecule has 0 spiro atoms. The molecule has 0 unspecified atom stereocenters. The number of azide groups is 1. The zero-order valence-corrected chi connectivity index (χ0v) is 14.8. The number of aryl methyl sites for hydroxylation is 1. The minimum Gasteiger partial charge on any atom is -0.365 e. The summed E-state index contributed by atoms with van der Waals surface area (Å²) in [7, 11) is 0. The minimum absolute atomic E-state index is 0.0177. The predicted octanol–water partition coefficient (Wildman–Crippen LogP) is 2.81.